The summed E-state index contributed by atoms with van der Waals surface area (Å²) >= 11 is 0. The molecule has 0 aromatic heterocycles. The molecular formula is C18H30FNO. The van der Waals surface area contributed by atoms with Crippen LogP contribution in [0.25, 0.3) is 0 Å². The van der Waals surface area contributed by atoms with E-state index in [1.54, 1.807) is 0 Å². The topological polar surface area (TPSA) is 21.3 Å². The molecule has 3 heteroatoms. The summed E-state index contributed by atoms with van der Waals surface area (Å²) in [5.74, 6) is 0.421. The summed E-state index contributed by atoms with van der Waals surface area (Å²) in [7, 11) is 0. The van der Waals surface area contributed by atoms with E-state index in [4.69, 9.17) is 4.74 Å². The first kappa shape index (κ1) is 18.1. The van der Waals surface area contributed by atoms with E-state index in [9.17, 15) is 4.39 Å². The van der Waals surface area contributed by atoms with Gasteiger partial charge in [-0.3, -0.25) is 0 Å². The molecule has 0 aliphatic rings. The molecule has 0 aliphatic carbocycles. The molecule has 0 heterocycles. The van der Waals surface area contributed by atoms with Crippen LogP contribution in [0.2, 0.25) is 0 Å². The Labute approximate surface area is 129 Å². The Morgan fingerprint density at radius 2 is 1.86 bits per heavy atom. The normalized spacial score (nSPS) is 14.1. The number of likely N-dealkylation sites (N-methyl/N-ethyl adjacent to an activating group) is 1. The highest BCUT2D eigenvalue weighted by molar-refractivity contribution is 5.19. The first-order valence-corrected chi connectivity index (χ1v) is 8.28. The van der Waals surface area contributed by atoms with Crippen molar-refractivity contribution >= 4 is 0 Å². The Hall–Kier alpha value is -0.930. The standard InChI is InChI=1S/C18H30FNO/c1-4-7-8-15(5-2)14-21-18(13-20-6-3)16-9-11-17(19)12-10-16/h9-12,15,18,20H,4-8,13-14H2,1-3H3. The number of halogens is 1. The maximum absolute atomic E-state index is 13.1. The minimum Gasteiger partial charge on any atom is -0.372 e. The molecule has 0 amide bonds. The third kappa shape index (κ3) is 7.05. The average Bonchev–Trinajstić information content (AvgIpc) is 2.51. The Balaban J connectivity index is 2.58. The Bertz CT molecular complexity index is 366. The Kier molecular flexibility index (Phi) is 9.27. The van der Waals surface area contributed by atoms with E-state index in [1.165, 1.54) is 31.4 Å². The summed E-state index contributed by atoms with van der Waals surface area (Å²) in [4.78, 5) is 0. The summed E-state index contributed by atoms with van der Waals surface area (Å²) in [6, 6.07) is 6.66. The molecule has 2 nitrogen and oxygen atoms in total. The van der Waals surface area contributed by atoms with Gasteiger partial charge < -0.3 is 10.1 Å². The lowest BCUT2D eigenvalue weighted by Gasteiger charge is -2.22. The molecule has 2 unspecified atom stereocenters. The van der Waals surface area contributed by atoms with Crippen LogP contribution in [0.5, 0.6) is 0 Å². The van der Waals surface area contributed by atoms with Crippen molar-refractivity contribution in [2.24, 2.45) is 5.92 Å². The zero-order chi connectivity index (χ0) is 15.5. The SMILES string of the molecule is CCCCC(CC)COC(CNCC)c1ccc(F)cc1. The number of hydrogen-bond donors (Lipinski definition) is 1. The van der Waals surface area contributed by atoms with Crippen LogP contribution < -0.4 is 5.32 Å². The van der Waals surface area contributed by atoms with Crippen molar-refractivity contribution in [2.45, 2.75) is 52.6 Å². The molecule has 1 aromatic carbocycles. The molecule has 1 rings (SSSR count). The molecular weight excluding hydrogens is 265 g/mol. The first-order chi connectivity index (χ1) is 10.2. The highest BCUT2D eigenvalue weighted by Crippen LogP contribution is 2.21. The van der Waals surface area contributed by atoms with Crippen molar-refractivity contribution in [1.29, 1.82) is 0 Å². The van der Waals surface area contributed by atoms with Crippen LogP contribution >= 0.6 is 0 Å². The number of ether oxygens (including phenoxy) is 1. The van der Waals surface area contributed by atoms with E-state index in [0.717, 1.165) is 31.7 Å². The molecule has 0 saturated heterocycles. The van der Waals surface area contributed by atoms with Crippen molar-refractivity contribution < 1.29 is 9.13 Å². The summed E-state index contributed by atoms with van der Waals surface area (Å²) in [5.41, 5.74) is 1.04. The van der Waals surface area contributed by atoms with E-state index in [1.807, 2.05) is 12.1 Å². The summed E-state index contributed by atoms with van der Waals surface area (Å²) in [5, 5.41) is 3.33. The maximum atomic E-state index is 13.1. The van der Waals surface area contributed by atoms with Crippen molar-refractivity contribution in [2.75, 3.05) is 19.7 Å². The molecule has 1 aromatic rings. The van der Waals surface area contributed by atoms with Gasteiger partial charge in [0.25, 0.3) is 0 Å². The van der Waals surface area contributed by atoms with Crippen LogP contribution in [0.3, 0.4) is 0 Å². The van der Waals surface area contributed by atoms with Crippen molar-refractivity contribution in [1.82, 2.24) is 5.32 Å². The second kappa shape index (κ2) is 10.7. The molecule has 21 heavy (non-hydrogen) atoms. The second-order valence-electron chi connectivity index (χ2n) is 5.60. The molecule has 0 fully saturated rings. The molecule has 120 valence electrons. The third-order valence-corrected chi connectivity index (χ3v) is 3.90. The fourth-order valence-corrected chi connectivity index (χ4v) is 2.38. The first-order valence-electron chi connectivity index (χ1n) is 8.28. The number of nitrogens with one attached hydrogen (secondary N) is 1. The van der Waals surface area contributed by atoms with E-state index in [2.05, 4.69) is 26.1 Å². The average molecular weight is 295 g/mol. The van der Waals surface area contributed by atoms with Gasteiger partial charge in [0.1, 0.15) is 5.82 Å². The molecule has 2 atom stereocenters. The lowest BCUT2D eigenvalue weighted by atomic mass is 10.0. The molecule has 0 saturated carbocycles. The predicted molar refractivity (Wildman–Crippen MR) is 86.9 cm³/mol. The van der Waals surface area contributed by atoms with Gasteiger partial charge in [-0.1, -0.05) is 52.2 Å². The minimum atomic E-state index is -0.199. The lowest BCUT2D eigenvalue weighted by Crippen LogP contribution is -2.25. The fraction of sp³-hybridized carbons (Fsp3) is 0.667. The van der Waals surface area contributed by atoms with Gasteiger partial charge in [-0.05, 0) is 36.6 Å². The highest BCUT2D eigenvalue weighted by atomic mass is 19.1. The van der Waals surface area contributed by atoms with Crippen LogP contribution in [0.15, 0.2) is 24.3 Å². The third-order valence-electron chi connectivity index (χ3n) is 3.90. The van der Waals surface area contributed by atoms with Gasteiger partial charge in [0, 0.05) is 6.54 Å². The minimum absolute atomic E-state index is 0.00114. The zero-order valence-electron chi connectivity index (χ0n) is 13.7. The van der Waals surface area contributed by atoms with Gasteiger partial charge >= 0.3 is 0 Å². The largest absolute Gasteiger partial charge is 0.372 e. The maximum Gasteiger partial charge on any atom is 0.123 e. The highest BCUT2D eigenvalue weighted by Gasteiger charge is 2.14. The predicted octanol–water partition coefficient (Wildman–Crippen LogP) is 4.71. The molecule has 0 aliphatic heterocycles. The molecule has 1 N–H and O–H groups in total. The van der Waals surface area contributed by atoms with Gasteiger partial charge in [-0.15, -0.1) is 0 Å². The fourth-order valence-electron chi connectivity index (χ4n) is 2.38. The van der Waals surface area contributed by atoms with Crippen LogP contribution in [0.4, 0.5) is 4.39 Å². The lowest BCUT2D eigenvalue weighted by molar-refractivity contribution is 0.0252. The quantitative estimate of drug-likeness (QED) is 0.638. The van der Waals surface area contributed by atoms with Crippen LogP contribution in [0.1, 0.15) is 58.1 Å². The second-order valence-corrected chi connectivity index (χ2v) is 5.60. The number of rotatable bonds is 11. The molecule has 0 bridgehead atoms. The summed E-state index contributed by atoms with van der Waals surface area (Å²) < 4.78 is 19.2. The van der Waals surface area contributed by atoms with Crippen LogP contribution in [-0.2, 0) is 4.74 Å². The summed E-state index contributed by atoms with van der Waals surface area (Å²) in [6.45, 7) is 8.99. The van der Waals surface area contributed by atoms with E-state index >= 15 is 0 Å². The van der Waals surface area contributed by atoms with E-state index in [-0.39, 0.29) is 11.9 Å². The zero-order valence-corrected chi connectivity index (χ0v) is 13.7. The molecule has 0 spiro atoms. The van der Waals surface area contributed by atoms with E-state index in [0.29, 0.717) is 5.92 Å². The monoisotopic (exact) mass is 295 g/mol. The molecule has 0 radical (unpaired) electrons. The van der Waals surface area contributed by atoms with Gasteiger partial charge in [0.15, 0.2) is 0 Å². The van der Waals surface area contributed by atoms with Crippen molar-refractivity contribution in [3.8, 4) is 0 Å². The van der Waals surface area contributed by atoms with Gasteiger partial charge in [0.2, 0.25) is 0 Å². The number of benzene rings is 1. The summed E-state index contributed by atoms with van der Waals surface area (Å²) in [6.07, 6.45) is 4.87. The van der Waals surface area contributed by atoms with Crippen molar-refractivity contribution in [3.05, 3.63) is 35.6 Å². The number of hydrogen-bond acceptors (Lipinski definition) is 2. The number of unbranched alkanes of at least 4 members (excludes halogenated alkanes) is 1. The Morgan fingerprint density at radius 1 is 1.14 bits per heavy atom. The Morgan fingerprint density at radius 3 is 2.43 bits per heavy atom. The smallest absolute Gasteiger partial charge is 0.123 e. The van der Waals surface area contributed by atoms with Crippen LogP contribution in [0, 0.1) is 11.7 Å². The van der Waals surface area contributed by atoms with Gasteiger partial charge in [-0.25, -0.2) is 4.39 Å². The van der Waals surface area contributed by atoms with Crippen LogP contribution in [-0.4, -0.2) is 19.7 Å². The van der Waals surface area contributed by atoms with Gasteiger partial charge in [0.05, 0.1) is 12.7 Å². The van der Waals surface area contributed by atoms with Gasteiger partial charge in [-0.2, -0.15) is 0 Å². The van der Waals surface area contributed by atoms with Crippen molar-refractivity contribution in [3.63, 3.8) is 0 Å². The van der Waals surface area contributed by atoms with E-state index < -0.39 is 0 Å².